The third-order valence-corrected chi connectivity index (χ3v) is 5.23. The minimum absolute atomic E-state index is 0.0140. The van der Waals surface area contributed by atoms with Gasteiger partial charge in [-0.3, -0.25) is 4.79 Å². The number of halogens is 1. The van der Waals surface area contributed by atoms with Crippen molar-refractivity contribution in [1.29, 1.82) is 0 Å². The van der Waals surface area contributed by atoms with Crippen LogP contribution in [0.5, 0.6) is 5.75 Å². The molecule has 0 unspecified atom stereocenters. The Kier molecular flexibility index (Phi) is 10.8. The Morgan fingerprint density at radius 2 is 1.72 bits per heavy atom. The van der Waals surface area contributed by atoms with E-state index in [4.69, 9.17) is 4.74 Å². The first-order valence-corrected chi connectivity index (χ1v) is 11.4. The van der Waals surface area contributed by atoms with E-state index in [2.05, 4.69) is 33.5 Å². The van der Waals surface area contributed by atoms with E-state index < -0.39 is 0 Å². The maximum absolute atomic E-state index is 12.2. The molecule has 0 aromatic heterocycles. The zero-order valence-corrected chi connectivity index (χ0v) is 19.2. The quantitative estimate of drug-likeness (QED) is 0.348. The lowest BCUT2D eigenvalue weighted by atomic mass is 10.1. The van der Waals surface area contributed by atoms with Crippen molar-refractivity contribution in [2.24, 2.45) is 0 Å². The van der Waals surface area contributed by atoms with Crippen LogP contribution in [0.3, 0.4) is 0 Å². The second-order valence-electron chi connectivity index (χ2n) is 7.40. The number of rotatable bonds is 13. The van der Waals surface area contributed by atoms with Crippen LogP contribution < -0.4 is 15.4 Å². The van der Waals surface area contributed by atoms with Crippen molar-refractivity contribution in [3.63, 3.8) is 0 Å². The van der Waals surface area contributed by atoms with E-state index in [0.29, 0.717) is 0 Å². The highest BCUT2D eigenvalue weighted by Gasteiger charge is 2.08. The van der Waals surface area contributed by atoms with Gasteiger partial charge in [-0.25, -0.2) is 0 Å². The monoisotopic (exact) mass is 460 g/mol. The van der Waals surface area contributed by atoms with Crippen molar-refractivity contribution in [2.75, 3.05) is 18.5 Å². The zero-order valence-electron chi connectivity index (χ0n) is 17.6. The summed E-state index contributed by atoms with van der Waals surface area (Å²) < 4.78 is 6.80. The third-order valence-electron chi connectivity index (χ3n) is 4.74. The van der Waals surface area contributed by atoms with Crippen LogP contribution in [-0.4, -0.2) is 19.1 Å². The van der Waals surface area contributed by atoms with Gasteiger partial charge < -0.3 is 15.4 Å². The lowest BCUT2D eigenvalue weighted by Gasteiger charge is -2.13. The number of amides is 1. The number of unbranched alkanes of at least 4 members (excludes halogenated alkanes) is 5. The van der Waals surface area contributed by atoms with Gasteiger partial charge in [-0.15, -0.1) is 0 Å². The highest BCUT2D eigenvalue weighted by molar-refractivity contribution is 9.10. The first-order chi connectivity index (χ1) is 14.1. The van der Waals surface area contributed by atoms with Gasteiger partial charge in [0.25, 0.3) is 5.91 Å². The van der Waals surface area contributed by atoms with Crippen molar-refractivity contribution >= 4 is 27.5 Å². The van der Waals surface area contributed by atoms with E-state index in [-0.39, 0.29) is 12.5 Å². The summed E-state index contributed by atoms with van der Waals surface area (Å²) in [5.74, 6) is 0.575. The molecule has 158 valence electrons. The zero-order chi connectivity index (χ0) is 20.9. The van der Waals surface area contributed by atoms with Gasteiger partial charge in [-0.1, -0.05) is 72.7 Å². The molecule has 2 aromatic carbocycles. The van der Waals surface area contributed by atoms with Crippen LogP contribution in [-0.2, 0) is 11.3 Å². The van der Waals surface area contributed by atoms with Crippen LogP contribution in [0.4, 0.5) is 5.69 Å². The third kappa shape index (κ3) is 9.46. The fourth-order valence-electron chi connectivity index (χ4n) is 3.06. The molecule has 0 fully saturated rings. The summed E-state index contributed by atoms with van der Waals surface area (Å²) in [7, 11) is 0. The van der Waals surface area contributed by atoms with Crippen LogP contribution >= 0.6 is 15.9 Å². The number of aryl methyl sites for hydroxylation is 1. The number of carbonyl (C=O) groups excluding carboxylic acids is 1. The smallest absolute Gasteiger partial charge is 0.262 e. The van der Waals surface area contributed by atoms with Crippen molar-refractivity contribution in [2.45, 2.75) is 58.9 Å². The SMILES string of the molecule is CCCCCCCCNCc1cc(Br)ccc1OCC(=O)Nc1ccc(C)cc1. The van der Waals surface area contributed by atoms with Gasteiger partial charge in [0.05, 0.1) is 0 Å². The predicted octanol–water partition coefficient (Wildman–Crippen LogP) is 6.23. The molecule has 0 heterocycles. The summed E-state index contributed by atoms with van der Waals surface area (Å²) in [6, 6.07) is 13.6. The van der Waals surface area contributed by atoms with Gasteiger partial charge in [0.1, 0.15) is 5.75 Å². The van der Waals surface area contributed by atoms with E-state index in [0.717, 1.165) is 40.1 Å². The standard InChI is InChI=1S/C24H33BrN2O2/c1-3-4-5-6-7-8-15-26-17-20-16-21(25)11-14-23(20)29-18-24(28)27-22-12-9-19(2)10-13-22/h9-14,16,26H,3-8,15,17-18H2,1-2H3,(H,27,28). The molecule has 0 spiro atoms. The Hall–Kier alpha value is -1.85. The minimum Gasteiger partial charge on any atom is -0.483 e. The van der Waals surface area contributed by atoms with E-state index in [1.165, 1.54) is 38.5 Å². The molecule has 2 rings (SSSR count). The van der Waals surface area contributed by atoms with Crippen molar-refractivity contribution < 1.29 is 9.53 Å². The number of hydrogen-bond acceptors (Lipinski definition) is 3. The molecule has 0 aliphatic rings. The van der Waals surface area contributed by atoms with Crippen LogP contribution in [0, 0.1) is 6.92 Å². The molecule has 0 aliphatic heterocycles. The summed E-state index contributed by atoms with van der Waals surface area (Å²) in [6.07, 6.45) is 7.74. The van der Waals surface area contributed by atoms with Crippen molar-refractivity contribution in [3.05, 3.63) is 58.1 Å². The summed E-state index contributed by atoms with van der Waals surface area (Å²) >= 11 is 3.52. The summed E-state index contributed by atoms with van der Waals surface area (Å²) in [5.41, 5.74) is 2.99. The van der Waals surface area contributed by atoms with E-state index in [9.17, 15) is 4.79 Å². The summed E-state index contributed by atoms with van der Waals surface area (Å²) in [5, 5.41) is 6.35. The molecule has 1 amide bonds. The minimum atomic E-state index is -0.164. The Morgan fingerprint density at radius 1 is 1.00 bits per heavy atom. The van der Waals surface area contributed by atoms with Crippen LogP contribution in [0.15, 0.2) is 46.9 Å². The number of benzene rings is 2. The van der Waals surface area contributed by atoms with Gasteiger partial charge in [0, 0.05) is 22.3 Å². The number of ether oxygens (including phenoxy) is 1. The van der Waals surface area contributed by atoms with Crippen LogP contribution in [0.2, 0.25) is 0 Å². The summed E-state index contributed by atoms with van der Waals surface area (Å²) in [4.78, 5) is 12.2. The molecular weight excluding hydrogens is 428 g/mol. The largest absolute Gasteiger partial charge is 0.483 e. The fraction of sp³-hybridized carbons (Fsp3) is 0.458. The van der Waals surface area contributed by atoms with Crippen molar-refractivity contribution in [3.8, 4) is 5.75 Å². The van der Waals surface area contributed by atoms with Crippen LogP contribution in [0.1, 0.15) is 56.6 Å². The second kappa shape index (κ2) is 13.4. The highest BCUT2D eigenvalue weighted by atomic mass is 79.9. The normalized spacial score (nSPS) is 10.7. The number of anilines is 1. The highest BCUT2D eigenvalue weighted by Crippen LogP contribution is 2.23. The van der Waals surface area contributed by atoms with Crippen molar-refractivity contribution in [1.82, 2.24) is 5.32 Å². The second-order valence-corrected chi connectivity index (χ2v) is 8.32. The molecule has 29 heavy (non-hydrogen) atoms. The van der Waals surface area contributed by atoms with Gasteiger partial charge in [-0.05, 0) is 50.2 Å². The molecule has 4 nitrogen and oxygen atoms in total. The molecule has 0 saturated heterocycles. The maximum atomic E-state index is 12.2. The first-order valence-electron chi connectivity index (χ1n) is 10.6. The Balaban J connectivity index is 1.76. The summed E-state index contributed by atoms with van der Waals surface area (Å²) in [6.45, 7) is 5.96. The first kappa shape index (κ1) is 23.4. The molecule has 0 aliphatic carbocycles. The number of carbonyl (C=O) groups is 1. The number of nitrogens with one attached hydrogen (secondary N) is 2. The average Bonchev–Trinajstić information content (AvgIpc) is 2.71. The molecule has 0 radical (unpaired) electrons. The van der Waals surface area contributed by atoms with Gasteiger partial charge >= 0.3 is 0 Å². The molecule has 0 atom stereocenters. The molecule has 2 aromatic rings. The topological polar surface area (TPSA) is 50.4 Å². The van der Waals surface area contributed by atoms with Gasteiger partial charge in [0.2, 0.25) is 0 Å². The van der Waals surface area contributed by atoms with Gasteiger partial charge in [0.15, 0.2) is 6.61 Å². The van der Waals surface area contributed by atoms with E-state index in [1.807, 2.05) is 49.4 Å². The number of hydrogen-bond donors (Lipinski definition) is 2. The van der Waals surface area contributed by atoms with E-state index in [1.54, 1.807) is 0 Å². The lowest BCUT2D eigenvalue weighted by Crippen LogP contribution is -2.21. The Bertz CT molecular complexity index is 747. The lowest BCUT2D eigenvalue weighted by molar-refractivity contribution is -0.118. The Morgan fingerprint density at radius 3 is 2.48 bits per heavy atom. The molecule has 5 heteroatoms. The molecule has 0 saturated carbocycles. The maximum Gasteiger partial charge on any atom is 0.262 e. The average molecular weight is 461 g/mol. The predicted molar refractivity (Wildman–Crippen MR) is 125 cm³/mol. The molecule has 2 N–H and O–H groups in total. The fourth-order valence-corrected chi connectivity index (χ4v) is 3.47. The molecular formula is C24H33BrN2O2. The molecule has 0 bridgehead atoms. The van der Waals surface area contributed by atoms with E-state index >= 15 is 0 Å². The Labute approximate surface area is 183 Å². The van der Waals surface area contributed by atoms with Crippen LogP contribution in [0.25, 0.3) is 0 Å². The van der Waals surface area contributed by atoms with Gasteiger partial charge in [-0.2, -0.15) is 0 Å².